The first kappa shape index (κ1) is 26.3. The Kier molecular flexibility index (Phi) is 11.5. The van der Waals surface area contributed by atoms with Crippen LogP contribution in [0, 0.1) is 11.8 Å². The van der Waals surface area contributed by atoms with Gasteiger partial charge in [-0.2, -0.15) is 0 Å². The molecule has 4 amide bonds. The Morgan fingerprint density at radius 3 is 1.90 bits per heavy atom. The van der Waals surface area contributed by atoms with E-state index in [1.165, 1.54) is 6.92 Å². The van der Waals surface area contributed by atoms with Crippen LogP contribution < -0.4 is 27.0 Å². The zero-order chi connectivity index (χ0) is 22.7. The first-order valence-electron chi connectivity index (χ1n) is 9.53. The Balaban J connectivity index is 4.71. The fraction of sp³-hybridized carbons (Fsp3) is 0.722. The van der Waals surface area contributed by atoms with Crippen molar-refractivity contribution in [3.05, 3.63) is 0 Å². The summed E-state index contributed by atoms with van der Waals surface area (Å²) in [5, 5.41) is 18.1. The minimum Gasteiger partial charge on any atom is -0.480 e. The summed E-state index contributed by atoms with van der Waals surface area (Å²) >= 11 is 0. The third kappa shape index (κ3) is 9.88. The highest BCUT2D eigenvalue weighted by Crippen LogP contribution is 2.05. The SMILES string of the molecule is CC[C@H](C)[C@H](N)C(=O)NCC(=O)N[C@H](C(=O)N[C@@H](C)C(=O)NCC(=O)O)C(C)C. The molecule has 11 heteroatoms. The van der Waals surface area contributed by atoms with Crippen LogP contribution in [0.2, 0.25) is 0 Å². The molecule has 0 radical (unpaired) electrons. The minimum atomic E-state index is -1.21. The Hall–Kier alpha value is -2.69. The van der Waals surface area contributed by atoms with Crippen molar-refractivity contribution in [2.75, 3.05) is 13.1 Å². The molecule has 11 nitrogen and oxygen atoms in total. The van der Waals surface area contributed by atoms with Gasteiger partial charge >= 0.3 is 5.97 Å². The number of rotatable bonds is 12. The molecule has 0 aromatic rings. The van der Waals surface area contributed by atoms with Gasteiger partial charge in [-0.25, -0.2) is 0 Å². The number of carbonyl (C=O) groups is 5. The molecule has 0 aliphatic carbocycles. The lowest BCUT2D eigenvalue weighted by molar-refractivity contribution is -0.138. The van der Waals surface area contributed by atoms with Crippen LogP contribution in [0.1, 0.15) is 41.0 Å². The zero-order valence-corrected chi connectivity index (χ0v) is 17.6. The van der Waals surface area contributed by atoms with Crippen molar-refractivity contribution in [3.8, 4) is 0 Å². The highest BCUT2D eigenvalue weighted by molar-refractivity contribution is 5.94. The first-order chi connectivity index (χ1) is 13.4. The Bertz CT molecular complexity index is 610. The normalized spacial score (nSPS) is 14.9. The fourth-order valence-electron chi connectivity index (χ4n) is 2.24. The molecule has 0 saturated heterocycles. The van der Waals surface area contributed by atoms with Gasteiger partial charge < -0.3 is 32.1 Å². The van der Waals surface area contributed by atoms with Crippen LogP contribution in [-0.4, -0.2) is 65.9 Å². The standard InChI is InChI=1S/C18H33N5O6/c1-6-10(4)14(19)17(28)20-7-12(24)23-15(9(2)3)18(29)22-11(5)16(27)21-8-13(25)26/h9-11,14-15H,6-8,19H2,1-5H3,(H,20,28)(H,21,27)(H,22,29)(H,23,24)(H,25,26)/t10-,11-,14-,15-/m0/s1. The van der Waals surface area contributed by atoms with Crippen molar-refractivity contribution >= 4 is 29.6 Å². The number of nitrogens with one attached hydrogen (secondary N) is 4. The lowest BCUT2D eigenvalue weighted by Gasteiger charge is -2.24. The number of nitrogens with two attached hydrogens (primary N) is 1. The van der Waals surface area contributed by atoms with Crippen molar-refractivity contribution in [2.24, 2.45) is 17.6 Å². The van der Waals surface area contributed by atoms with Gasteiger partial charge in [-0.1, -0.05) is 34.1 Å². The highest BCUT2D eigenvalue weighted by Gasteiger charge is 2.27. The summed E-state index contributed by atoms with van der Waals surface area (Å²) in [5.74, 6) is -3.85. The van der Waals surface area contributed by atoms with E-state index in [9.17, 15) is 24.0 Å². The second-order valence-corrected chi connectivity index (χ2v) is 7.26. The van der Waals surface area contributed by atoms with E-state index in [0.29, 0.717) is 6.42 Å². The first-order valence-corrected chi connectivity index (χ1v) is 9.53. The van der Waals surface area contributed by atoms with E-state index in [1.54, 1.807) is 13.8 Å². The molecule has 0 bridgehead atoms. The van der Waals surface area contributed by atoms with Gasteiger partial charge in [0.05, 0.1) is 12.6 Å². The van der Waals surface area contributed by atoms with Crippen LogP contribution in [-0.2, 0) is 24.0 Å². The van der Waals surface area contributed by atoms with Gasteiger partial charge in [-0.3, -0.25) is 24.0 Å². The number of carboxylic acids is 1. The fourth-order valence-corrected chi connectivity index (χ4v) is 2.24. The van der Waals surface area contributed by atoms with Crippen LogP contribution in [0.25, 0.3) is 0 Å². The molecule has 0 unspecified atom stereocenters. The summed E-state index contributed by atoms with van der Waals surface area (Å²) in [7, 11) is 0. The van der Waals surface area contributed by atoms with Crippen molar-refractivity contribution < 1.29 is 29.1 Å². The van der Waals surface area contributed by atoms with E-state index in [4.69, 9.17) is 10.8 Å². The molecule has 0 saturated carbocycles. The number of carbonyl (C=O) groups excluding carboxylic acids is 4. The summed E-state index contributed by atoms with van der Waals surface area (Å²) in [5.41, 5.74) is 5.80. The quantitative estimate of drug-likeness (QED) is 0.220. The lowest BCUT2D eigenvalue weighted by Crippen LogP contribution is -2.56. The van der Waals surface area contributed by atoms with E-state index < -0.39 is 54.3 Å². The average molecular weight is 415 g/mol. The van der Waals surface area contributed by atoms with Crippen molar-refractivity contribution in [1.29, 1.82) is 0 Å². The minimum absolute atomic E-state index is 0.0407. The van der Waals surface area contributed by atoms with Gasteiger partial charge in [0.1, 0.15) is 18.6 Å². The van der Waals surface area contributed by atoms with Crippen molar-refractivity contribution in [3.63, 3.8) is 0 Å². The lowest BCUT2D eigenvalue weighted by atomic mass is 9.99. The van der Waals surface area contributed by atoms with E-state index in [0.717, 1.165) is 0 Å². The molecule has 0 aliphatic heterocycles. The molecule has 29 heavy (non-hydrogen) atoms. The van der Waals surface area contributed by atoms with Gasteiger partial charge in [0.2, 0.25) is 23.6 Å². The maximum Gasteiger partial charge on any atom is 0.322 e. The molecule has 0 heterocycles. The summed E-state index contributed by atoms with van der Waals surface area (Å²) in [6.45, 7) is 7.63. The Labute approximate surface area is 170 Å². The number of aliphatic carboxylic acids is 1. The summed E-state index contributed by atoms with van der Waals surface area (Å²) in [4.78, 5) is 58.8. The second kappa shape index (κ2) is 12.7. The average Bonchev–Trinajstić information content (AvgIpc) is 2.66. The molecule has 4 atom stereocenters. The summed E-state index contributed by atoms with van der Waals surface area (Å²) in [6, 6.07) is -2.67. The predicted molar refractivity (Wildman–Crippen MR) is 105 cm³/mol. The third-order valence-electron chi connectivity index (χ3n) is 4.41. The number of hydrogen-bond acceptors (Lipinski definition) is 6. The van der Waals surface area contributed by atoms with Gasteiger partial charge in [0.15, 0.2) is 0 Å². The van der Waals surface area contributed by atoms with Crippen molar-refractivity contribution in [1.82, 2.24) is 21.3 Å². The molecule has 166 valence electrons. The Morgan fingerprint density at radius 1 is 0.862 bits per heavy atom. The topological polar surface area (TPSA) is 180 Å². The van der Waals surface area contributed by atoms with Gasteiger partial charge in [0, 0.05) is 0 Å². The zero-order valence-electron chi connectivity index (χ0n) is 17.6. The largest absolute Gasteiger partial charge is 0.480 e. The number of hydrogen-bond donors (Lipinski definition) is 6. The molecule has 0 spiro atoms. The summed E-state index contributed by atoms with van der Waals surface area (Å²) in [6.07, 6.45) is 0.717. The molecule has 0 aromatic heterocycles. The van der Waals surface area contributed by atoms with E-state index in [-0.39, 0.29) is 18.4 Å². The third-order valence-corrected chi connectivity index (χ3v) is 4.41. The van der Waals surface area contributed by atoms with Gasteiger partial charge in [-0.15, -0.1) is 0 Å². The molecule has 7 N–H and O–H groups in total. The predicted octanol–water partition coefficient (Wildman–Crippen LogP) is -1.68. The molecular weight excluding hydrogens is 382 g/mol. The molecule has 0 fully saturated rings. The summed E-state index contributed by atoms with van der Waals surface area (Å²) < 4.78 is 0. The van der Waals surface area contributed by atoms with Crippen LogP contribution in [0.3, 0.4) is 0 Å². The molecule has 0 rings (SSSR count). The number of carboxylic acid groups (broad SMARTS) is 1. The van der Waals surface area contributed by atoms with Crippen LogP contribution in [0.5, 0.6) is 0 Å². The second-order valence-electron chi connectivity index (χ2n) is 7.26. The Morgan fingerprint density at radius 2 is 1.41 bits per heavy atom. The molecule has 0 aliphatic rings. The maximum atomic E-state index is 12.4. The van der Waals surface area contributed by atoms with Gasteiger partial charge in [-0.05, 0) is 18.8 Å². The molecule has 0 aromatic carbocycles. The van der Waals surface area contributed by atoms with E-state index in [1.807, 2.05) is 13.8 Å². The van der Waals surface area contributed by atoms with Crippen LogP contribution in [0.4, 0.5) is 0 Å². The van der Waals surface area contributed by atoms with Crippen LogP contribution in [0.15, 0.2) is 0 Å². The van der Waals surface area contributed by atoms with Crippen LogP contribution >= 0.6 is 0 Å². The monoisotopic (exact) mass is 415 g/mol. The van der Waals surface area contributed by atoms with E-state index >= 15 is 0 Å². The smallest absolute Gasteiger partial charge is 0.322 e. The number of amides is 4. The highest BCUT2D eigenvalue weighted by atomic mass is 16.4. The van der Waals surface area contributed by atoms with E-state index in [2.05, 4.69) is 21.3 Å². The maximum absolute atomic E-state index is 12.4. The van der Waals surface area contributed by atoms with Crippen molar-refractivity contribution in [2.45, 2.75) is 59.2 Å². The van der Waals surface area contributed by atoms with Gasteiger partial charge in [0.25, 0.3) is 0 Å². The molecular formula is C18H33N5O6.